The molecule has 2 aromatic carbocycles. The van der Waals surface area contributed by atoms with Gasteiger partial charge in [0.15, 0.2) is 0 Å². The summed E-state index contributed by atoms with van der Waals surface area (Å²) >= 11 is 0. The number of carbonyl (C=O) groups excluding carboxylic acids is 1. The summed E-state index contributed by atoms with van der Waals surface area (Å²) in [5, 5.41) is 8.93. The Labute approximate surface area is 167 Å². The van der Waals surface area contributed by atoms with Crippen molar-refractivity contribution in [2.24, 2.45) is 5.14 Å². The predicted molar refractivity (Wildman–Crippen MR) is 110 cm³/mol. The number of hydrogen-bond donors (Lipinski definition) is 2. The van der Waals surface area contributed by atoms with Crippen molar-refractivity contribution in [2.45, 2.75) is 11.8 Å². The van der Waals surface area contributed by atoms with Crippen LogP contribution in [0.4, 0.5) is 5.69 Å². The zero-order valence-electron chi connectivity index (χ0n) is 15.4. The number of aromatic nitrogens is 1. The molecule has 4 rings (SSSR count). The molecule has 146 valence electrons. The molecule has 8 heteroatoms. The Kier molecular flexibility index (Phi) is 4.65. The highest BCUT2D eigenvalue weighted by atomic mass is 32.2. The van der Waals surface area contributed by atoms with Crippen molar-refractivity contribution in [2.75, 3.05) is 5.32 Å². The number of rotatable bonds is 4. The second kappa shape index (κ2) is 7.16. The van der Waals surface area contributed by atoms with Crippen molar-refractivity contribution in [3.63, 3.8) is 0 Å². The van der Waals surface area contributed by atoms with E-state index in [9.17, 15) is 13.2 Å². The minimum Gasteiger partial charge on any atom is -0.464 e. The first-order chi connectivity index (χ1) is 13.9. The predicted octanol–water partition coefficient (Wildman–Crippen LogP) is 3.70. The number of primary sulfonamides is 1. The zero-order valence-corrected chi connectivity index (χ0v) is 16.2. The average Bonchev–Trinajstić information content (AvgIpc) is 3.17. The highest BCUT2D eigenvalue weighted by Gasteiger charge is 2.22. The van der Waals surface area contributed by atoms with E-state index in [1.54, 1.807) is 49.5 Å². The minimum absolute atomic E-state index is 0.0347. The third-order valence-electron chi connectivity index (χ3n) is 4.62. The summed E-state index contributed by atoms with van der Waals surface area (Å²) in [5.74, 6) is -0.325. The van der Waals surface area contributed by atoms with E-state index in [1.165, 1.54) is 18.4 Å². The number of nitrogens with zero attached hydrogens (tertiary/aromatic N) is 1. The van der Waals surface area contributed by atoms with Crippen LogP contribution in [-0.4, -0.2) is 19.3 Å². The number of fused-ring (bicyclic) bond motifs is 1. The maximum absolute atomic E-state index is 12.7. The number of sulfonamides is 1. The van der Waals surface area contributed by atoms with Gasteiger partial charge in [-0.1, -0.05) is 18.2 Å². The quantitative estimate of drug-likeness (QED) is 0.535. The number of carbonyl (C=O) groups is 1. The van der Waals surface area contributed by atoms with E-state index in [1.807, 2.05) is 6.07 Å². The fourth-order valence-electron chi connectivity index (χ4n) is 3.29. The summed E-state index contributed by atoms with van der Waals surface area (Å²) in [4.78, 5) is 17.1. The highest BCUT2D eigenvalue weighted by Crippen LogP contribution is 2.37. The van der Waals surface area contributed by atoms with Crippen LogP contribution in [0.1, 0.15) is 15.9 Å². The number of furan rings is 1. The molecule has 0 aliphatic heterocycles. The van der Waals surface area contributed by atoms with Gasteiger partial charge in [-0.3, -0.25) is 9.78 Å². The maximum atomic E-state index is 12.7. The lowest BCUT2D eigenvalue weighted by Crippen LogP contribution is -2.17. The molecule has 0 unspecified atom stereocenters. The molecule has 0 atom stereocenters. The molecule has 0 spiro atoms. The van der Waals surface area contributed by atoms with Gasteiger partial charge in [0.2, 0.25) is 10.0 Å². The van der Waals surface area contributed by atoms with Crippen LogP contribution >= 0.6 is 0 Å². The fourth-order valence-corrected chi connectivity index (χ4v) is 4.07. The minimum atomic E-state index is -3.97. The number of anilines is 1. The van der Waals surface area contributed by atoms with Gasteiger partial charge in [-0.05, 0) is 48.9 Å². The van der Waals surface area contributed by atoms with Crippen molar-refractivity contribution in [3.05, 3.63) is 78.2 Å². The SMILES string of the molecule is Cc1c(S(N)(=O)=O)ccc(NC(=O)c2ccccc2)c1-c1nccc2occc12. The first kappa shape index (κ1) is 18.9. The largest absolute Gasteiger partial charge is 0.464 e. The number of amides is 1. The lowest BCUT2D eigenvalue weighted by atomic mass is 10.00. The van der Waals surface area contributed by atoms with Crippen LogP contribution in [0.5, 0.6) is 0 Å². The molecule has 1 amide bonds. The molecule has 29 heavy (non-hydrogen) atoms. The number of hydrogen-bond acceptors (Lipinski definition) is 5. The summed E-state index contributed by atoms with van der Waals surface area (Å²) in [5.41, 5.74) is 2.83. The molecule has 0 radical (unpaired) electrons. The van der Waals surface area contributed by atoms with E-state index in [2.05, 4.69) is 10.3 Å². The van der Waals surface area contributed by atoms with Crippen LogP contribution < -0.4 is 10.5 Å². The van der Waals surface area contributed by atoms with Crippen molar-refractivity contribution in [3.8, 4) is 11.3 Å². The molecule has 0 saturated heterocycles. The summed E-state index contributed by atoms with van der Waals surface area (Å²) in [6.07, 6.45) is 3.09. The van der Waals surface area contributed by atoms with Gasteiger partial charge in [-0.2, -0.15) is 0 Å². The number of benzene rings is 2. The van der Waals surface area contributed by atoms with E-state index in [0.29, 0.717) is 39.0 Å². The smallest absolute Gasteiger partial charge is 0.255 e. The van der Waals surface area contributed by atoms with Crippen molar-refractivity contribution in [1.29, 1.82) is 0 Å². The van der Waals surface area contributed by atoms with Crippen LogP contribution in [0.2, 0.25) is 0 Å². The molecule has 0 fully saturated rings. The number of nitrogens with two attached hydrogens (primary N) is 1. The summed E-state index contributed by atoms with van der Waals surface area (Å²) < 4.78 is 29.6. The van der Waals surface area contributed by atoms with Gasteiger partial charge in [0.1, 0.15) is 5.58 Å². The Bertz CT molecular complexity index is 1330. The Balaban J connectivity index is 1.93. The van der Waals surface area contributed by atoms with E-state index in [4.69, 9.17) is 9.56 Å². The molecule has 2 heterocycles. The van der Waals surface area contributed by atoms with Crippen molar-refractivity contribution >= 4 is 32.6 Å². The van der Waals surface area contributed by atoms with Crippen LogP contribution in [0.3, 0.4) is 0 Å². The topological polar surface area (TPSA) is 115 Å². The third kappa shape index (κ3) is 3.51. The van der Waals surface area contributed by atoms with Gasteiger partial charge in [0.25, 0.3) is 5.91 Å². The summed E-state index contributed by atoms with van der Waals surface area (Å²) in [6.45, 7) is 1.63. The number of pyridine rings is 1. The van der Waals surface area contributed by atoms with E-state index in [-0.39, 0.29) is 10.8 Å². The zero-order chi connectivity index (χ0) is 20.6. The van der Waals surface area contributed by atoms with Gasteiger partial charge in [-0.15, -0.1) is 0 Å². The summed E-state index contributed by atoms with van der Waals surface area (Å²) in [7, 11) is -3.97. The first-order valence-corrected chi connectivity index (χ1v) is 10.3. The Hall–Kier alpha value is -3.49. The van der Waals surface area contributed by atoms with E-state index < -0.39 is 10.0 Å². The van der Waals surface area contributed by atoms with Gasteiger partial charge >= 0.3 is 0 Å². The van der Waals surface area contributed by atoms with Gasteiger partial charge in [0, 0.05) is 22.7 Å². The van der Waals surface area contributed by atoms with Crippen LogP contribution in [-0.2, 0) is 10.0 Å². The molecule has 4 aromatic rings. The Morgan fingerprint density at radius 2 is 1.83 bits per heavy atom. The van der Waals surface area contributed by atoms with Crippen molar-refractivity contribution < 1.29 is 17.6 Å². The van der Waals surface area contributed by atoms with Crippen LogP contribution in [0.25, 0.3) is 22.2 Å². The Morgan fingerprint density at radius 3 is 2.55 bits per heavy atom. The molecule has 0 aliphatic rings. The molecule has 2 aromatic heterocycles. The molecule has 0 bridgehead atoms. The lowest BCUT2D eigenvalue weighted by Gasteiger charge is -2.16. The second-order valence-electron chi connectivity index (χ2n) is 6.47. The molecular weight excluding hydrogens is 390 g/mol. The first-order valence-electron chi connectivity index (χ1n) is 8.71. The highest BCUT2D eigenvalue weighted by molar-refractivity contribution is 7.89. The monoisotopic (exact) mass is 407 g/mol. The third-order valence-corrected chi connectivity index (χ3v) is 5.68. The van der Waals surface area contributed by atoms with E-state index >= 15 is 0 Å². The second-order valence-corrected chi connectivity index (χ2v) is 8.00. The normalized spacial score (nSPS) is 11.5. The molecule has 7 nitrogen and oxygen atoms in total. The fraction of sp³-hybridized carbons (Fsp3) is 0.0476. The summed E-state index contributed by atoms with van der Waals surface area (Å²) in [6, 6.07) is 15.1. The molecular formula is C21H17N3O4S. The maximum Gasteiger partial charge on any atom is 0.255 e. The van der Waals surface area contributed by atoms with Gasteiger partial charge < -0.3 is 9.73 Å². The average molecular weight is 407 g/mol. The van der Waals surface area contributed by atoms with Crippen LogP contribution in [0.15, 0.2) is 76.4 Å². The standard InChI is InChI=1S/C21H17N3O4S/c1-13-18(29(22,26)27)8-7-16(24-21(25)14-5-3-2-4-6-14)19(13)20-15-10-12-28-17(15)9-11-23-20/h2-12H,1H3,(H,24,25)(H2,22,26,27). The molecule has 0 aliphatic carbocycles. The lowest BCUT2D eigenvalue weighted by molar-refractivity contribution is 0.102. The molecule has 0 saturated carbocycles. The van der Waals surface area contributed by atoms with E-state index in [0.717, 1.165) is 0 Å². The van der Waals surface area contributed by atoms with Gasteiger partial charge in [0.05, 0.1) is 22.5 Å². The Morgan fingerprint density at radius 1 is 1.07 bits per heavy atom. The van der Waals surface area contributed by atoms with Gasteiger partial charge in [-0.25, -0.2) is 13.6 Å². The van der Waals surface area contributed by atoms with Crippen LogP contribution in [0, 0.1) is 6.92 Å². The van der Waals surface area contributed by atoms with Crippen molar-refractivity contribution in [1.82, 2.24) is 4.98 Å². The molecule has 3 N–H and O–H groups in total. The number of nitrogens with one attached hydrogen (secondary N) is 1.